The van der Waals surface area contributed by atoms with Gasteiger partial charge >= 0.3 is 5.97 Å². The van der Waals surface area contributed by atoms with Gasteiger partial charge in [0.25, 0.3) is 0 Å². The van der Waals surface area contributed by atoms with Gasteiger partial charge in [0, 0.05) is 15.9 Å². The summed E-state index contributed by atoms with van der Waals surface area (Å²) in [6.45, 7) is 2.37. The molecule has 0 radical (unpaired) electrons. The first kappa shape index (κ1) is 28.6. The highest BCUT2D eigenvalue weighted by Crippen LogP contribution is 2.38. The van der Waals surface area contributed by atoms with E-state index in [9.17, 15) is 4.79 Å². The van der Waals surface area contributed by atoms with E-state index in [2.05, 4.69) is 33.4 Å². The van der Waals surface area contributed by atoms with Crippen LogP contribution in [0.4, 0.5) is 5.95 Å². The van der Waals surface area contributed by atoms with Gasteiger partial charge in [-0.25, -0.2) is 9.48 Å². The van der Waals surface area contributed by atoms with Gasteiger partial charge in [0.1, 0.15) is 24.5 Å². The number of fused-ring (bicyclic) bond motifs is 1. The van der Waals surface area contributed by atoms with Crippen LogP contribution in [0.15, 0.2) is 99.8 Å². The number of carbonyl (C=O) groups is 1. The molecule has 2 heterocycles. The highest BCUT2D eigenvalue weighted by Gasteiger charge is 2.36. The third-order valence-electron chi connectivity index (χ3n) is 7.58. The van der Waals surface area contributed by atoms with E-state index in [4.69, 9.17) is 19.6 Å². The lowest BCUT2D eigenvalue weighted by Gasteiger charge is -2.30. The number of aromatic nitrogens is 3. The summed E-state index contributed by atoms with van der Waals surface area (Å²) in [5.74, 6) is 1.81. The fraction of sp³-hybridized carbons (Fsp3) is 0.303. The van der Waals surface area contributed by atoms with E-state index in [1.165, 1.54) is 12.0 Å². The number of esters is 1. The SMILES string of the molecule is CC1=C(C(=O)OC2CCCCC2)C(c2ccc(OCc3cccc(Br)c3)cc2)n2nc(SCc3ccccc3)nc2N1. The summed E-state index contributed by atoms with van der Waals surface area (Å²) in [4.78, 5) is 18.5. The first-order valence-corrected chi connectivity index (χ1v) is 16.1. The summed E-state index contributed by atoms with van der Waals surface area (Å²) in [6, 6.07) is 25.7. The van der Waals surface area contributed by atoms with E-state index < -0.39 is 6.04 Å². The van der Waals surface area contributed by atoms with E-state index in [0.717, 1.165) is 58.5 Å². The number of hydrogen-bond donors (Lipinski definition) is 1. The lowest BCUT2D eigenvalue weighted by Crippen LogP contribution is -2.32. The van der Waals surface area contributed by atoms with E-state index >= 15 is 0 Å². The molecular formula is C33H33BrN4O3S. The van der Waals surface area contributed by atoms with Crippen molar-refractivity contribution in [1.29, 1.82) is 0 Å². The number of thioether (sulfide) groups is 1. The van der Waals surface area contributed by atoms with Crippen LogP contribution in [0.1, 0.15) is 61.8 Å². The minimum atomic E-state index is -0.477. The minimum absolute atomic E-state index is 0.0462. The summed E-state index contributed by atoms with van der Waals surface area (Å²) >= 11 is 5.08. The Kier molecular flexibility index (Phi) is 8.95. The Morgan fingerprint density at radius 2 is 1.76 bits per heavy atom. The lowest BCUT2D eigenvalue weighted by atomic mass is 9.95. The fourth-order valence-electron chi connectivity index (χ4n) is 5.42. The van der Waals surface area contributed by atoms with Gasteiger partial charge in [-0.2, -0.15) is 4.98 Å². The molecule has 0 bridgehead atoms. The van der Waals surface area contributed by atoms with Crippen molar-refractivity contribution in [3.05, 3.63) is 111 Å². The normalized spacial score (nSPS) is 17.0. The highest BCUT2D eigenvalue weighted by molar-refractivity contribution is 9.10. The first-order valence-electron chi connectivity index (χ1n) is 14.3. The molecule has 4 aromatic rings. The average Bonchev–Trinajstić information content (AvgIpc) is 3.42. The standard InChI is InChI=1S/C33H33BrN4O3S/c1-22-29(31(39)41-28-13-6-3-7-14-28)30(25-15-17-27(18-16-25)40-20-24-11-8-12-26(34)19-24)38-32(35-22)36-33(37-38)42-21-23-9-4-2-5-10-23/h2,4-5,8-12,15-19,28,30H,3,6-7,13-14,20-21H2,1H3,(H,35,36,37). The van der Waals surface area contributed by atoms with Crippen molar-refractivity contribution in [2.24, 2.45) is 0 Å². The molecular weight excluding hydrogens is 612 g/mol. The van der Waals surface area contributed by atoms with Crippen LogP contribution in [0.5, 0.6) is 5.75 Å². The van der Waals surface area contributed by atoms with E-state index in [-0.39, 0.29) is 12.1 Å². The van der Waals surface area contributed by atoms with E-state index in [0.29, 0.717) is 23.3 Å². The molecule has 1 atom stereocenters. The number of nitrogens with zero attached hydrogens (tertiary/aromatic N) is 3. The Morgan fingerprint density at radius 1 is 1.00 bits per heavy atom. The molecule has 0 amide bonds. The van der Waals surface area contributed by atoms with E-state index in [1.54, 1.807) is 11.8 Å². The zero-order valence-electron chi connectivity index (χ0n) is 23.5. The molecule has 216 valence electrons. The number of anilines is 1. The smallest absolute Gasteiger partial charge is 0.338 e. The molecule has 3 aromatic carbocycles. The van der Waals surface area contributed by atoms with Crippen LogP contribution in [0.25, 0.3) is 0 Å². The van der Waals surface area contributed by atoms with Gasteiger partial charge in [0.2, 0.25) is 11.1 Å². The van der Waals surface area contributed by atoms with Gasteiger partial charge in [0.05, 0.1) is 5.57 Å². The average molecular weight is 646 g/mol. The second kappa shape index (κ2) is 13.2. The highest BCUT2D eigenvalue weighted by atomic mass is 79.9. The molecule has 1 aliphatic heterocycles. The number of carbonyl (C=O) groups excluding carboxylic acids is 1. The summed E-state index contributed by atoms with van der Waals surface area (Å²) < 4.78 is 15.0. The molecule has 9 heteroatoms. The predicted molar refractivity (Wildman–Crippen MR) is 168 cm³/mol. The summed E-state index contributed by atoms with van der Waals surface area (Å²) in [6.07, 6.45) is 5.16. The van der Waals surface area contributed by atoms with Gasteiger partial charge in [-0.3, -0.25) is 0 Å². The molecule has 6 rings (SSSR count). The van der Waals surface area contributed by atoms with Crippen molar-refractivity contribution >= 4 is 39.6 Å². The molecule has 2 aliphatic rings. The zero-order chi connectivity index (χ0) is 28.9. The van der Waals surface area contributed by atoms with Crippen LogP contribution in [0.2, 0.25) is 0 Å². The van der Waals surface area contributed by atoms with Crippen LogP contribution in [0.3, 0.4) is 0 Å². The maximum Gasteiger partial charge on any atom is 0.338 e. The van der Waals surface area contributed by atoms with Gasteiger partial charge in [-0.05, 0) is 73.6 Å². The maximum atomic E-state index is 13.7. The van der Waals surface area contributed by atoms with Crippen molar-refractivity contribution < 1.29 is 14.3 Å². The Labute approximate surface area is 258 Å². The largest absolute Gasteiger partial charge is 0.489 e. The number of rotatable bonds is 9. The monoisotopic (exact) mass is 644 g/mol. The number of allylic oxidation sites excluding steroid dienone is 1. The minimum Gasteiger partial charge on any atom is -0.489 e. The maximum absolute atomic E-state index is 13.7. The summed E-state index contributed by atoms with van der Waals surface area (Å²) in [5, 5.41) is 8.85. The Bertz CT molecular complexity index is 1570. The quantitative estimate of drug-likeness (QED) is 0.146. The molecule has 1 fully saturated rings. The molecule has 7 nitrogen and oxygen atoms in total. The van der Waals surface area contributed by atoms with Crippen molar-refractivity contribution in [2.75, 3.05) is 5.32 Å². The van der Waals surface area contributed by atoms with Crippen LogP contribution in [0, 0.1) is 0 Å². The topological polar surface area (TPSA) is 78.3 Å². The van der Waals surface area contributed by atoms with Crippen molar-refractivity contribution in [1.82, 2.24) is 14.8 Å². The molecule has 0 spiro atoms. The number of halogens is 1. The molecule has 1 unspecified atom stereocenters. The molecule has 42 heavy (non-hydrogen) atoms. The van der Waals surface area contributed by atoms with Crippen LogP contribution in [-0.2, 0) is 21.9 Å². The van der Waals surface area contributed by atoms with Crippen molar-refractivity contribution in [3.8, 4) is 5.75 Å². The Morgan fingerprint density at radius 3 is 2.52 bits per heavy atom. The Hall–Kier alpha value is -3.56. The third kappa shape index (κ3) is 6.73. The molecule has 0 saturated heterocycles. The van der Waals surface area contributed by atoms with Crippen LogP contribution < -0.4 is 10.1 Å². The second-order valence-corrected chi connectivity index (χ2v) is 12.5. The number of nitrogens with one attached hydrogen (secondary N) is 1. The van der Waals surface area contributed by atoms with Crippen LogP contribution >= 0.6 is 27.7 Å². The van der Waals surface area contributed by atoms with Crippen LogP contribution in [-0.4, -0.2) is 26.8 Å². The molecule has 1 saturated carbocycles. The zero-order valence-corrected chi connectivity index (χ0v) is 25.9. The number of ether oxygens (including phenoxy) is 2. The Balaban J connectivity index is 1.27. The molecule has 1 aliphatic carbocycles. The second-order valence-electron chi connectivity index (χ2n) is 10.7. The predicted octanol–water partition coefficient (Wildman–Crippen LogP) is 8.08. The molecule has 1 aromatic heterocycles. The summed E-state index contributed by atoms with van der Waals surface area (Å²) in [5.41, 5.74) is 4.47. The number of benzene rings is 3. The van der Waals surface area contributed by atoms with Gasteiger partial charge < -0.3 is 14.8 Å². The third-order valence-corrected chi connectivity index (χ3v) is 8.98. The van der Waals surface area contributed by atoms with Crippen molar-refractivity contribution in [3.63, 3.8) is 0 Å². The van der Waals surface area contributed by atoms with Crippen molar-refractivity contribution in [2.45, 2.75) is 68.7 Å². The fourth-order valence-corrected chi connectivity index (χ4v) is 6.66. The first-order chi connectivity index (χ1) is 20.5. The summed E-state index contributed by atoms with van der Waals surface area (Å²) in [7, 11) is 0. The van der Waals surface area contributed by atoms with Gasteiger partial charge in [-0.1, -0.05) is 88.7 Å². The van der Waals surface area contributed by atoms with Gasteiger partial charge in [-0.15, -0.1) is 5.10 Å². The molecule has 1 N–H and O–H groups in total. The number of hydrogen-bond acceptors (Lipinski definition) is 7. The van der Waals surface area contributed by atoms with Gasteiger partial charge in [0.15, 0.2) is 0 Å². The van der Waals surface area contributed by atoms with E-state index in [1.807, 2.05) is 78.3 Å². The lowest BCUT2D eigenvalue weighted by molar-refractivity contribution is -0.146.